The molecule has 2 heterocycles. The lowest BCUT2D eigenvalue weighted by atomic mass is 9.92. The fourth-order valence-electron chi connectivity index (χ4n) is 3.58. The number of benzene rings is 2. The molecule has 0 radical (unpaired) electrons. The van der Waals surface area contributed by atoms with Crippen LogP contribution in [0.5, 0.6) is 0 Å². The third-order valence-corrected chi connectivity index (χ3v) is 4.82. The van der Waals surface area contributed by atoms with Crippen molar-refractivity contribution in [2.75, 3.05) is 13.1 Å². The Labute approximate surface area is 139 Å². The molecule has 0 aromatic heterocycles. The van der Waals surface area contributed by atoms with Crippen LogP contribution in [0.25, 0.3) is 0 Å². The molecule has 5 heteroatoms. The molecule has 1 unspecified atom stereocenters. The van der Waals surface area contributed by atoms with Gasteiger partial charge in [-0.05, 0) is 29.7 Å². The normalized spacial score (nSPS) is 19.2. The highest BCUT2D eigenvalue weighted by atomic mass is 16.2. The molecule has 2 aliphatic rings. The summed E-state index contributed by atoms with van der Waals surface area (Å²) in [5.41, 5.74) is 3.04. The second kappa shape index (κ2) is 5.60. The number of hydrogen-bond acceptors (Lipinski definition) is 3. The van der Waals surface area contributed by atoms with Crippen LogP contribution in [0.15, 0.2) is 48.5 Å². The van der Waals surface area contributed by atoms with Crippen LogP contribution in [0.4, 0.5) is 0 Å². The van der Waals surface area contributed by atoms with Gasteiger partial charge in [-0.2, -0.15) is 0 Å². The molecule has 5 nitrogen and oxygen atoms in total. The molecule has 120 valence electrons. The van der Waals surface area contributed by atoms with E-state index >= 15 is 0 Å². The number of hydrogen-bond donors (Lipinski definition) is 0. The van der Waals surface area contributed by atoms with Crippen LogP contribution in [0.3, 0.4) is 0 Å². The van der Waals surface area contributed by atoms with Crippen LogP contribution >= 0.6 is 0 Å². The predicted octanol–water partition coefficient (Wildman–Crippen LogP) is 2.04. The van der Waals surface area contributed by atoms with Crippen LogP contribution in [0.2, 0.25) is 0 Å². The number of carbonyl (C=O) groups excluding carboxylic acids is 3. The van der Waals surface area contributed by atoms with Gasteiger partial charge >= 0.3 is 0 Å². The maximum atomic E-state index is 12.6. The van der Waals surface area contributed by atoms with Crippen LogP contribution in [-0.4, -0.2) is 41.1 Å². The van der Waals surface area contributed by atoms with Crippen molar-refractivity contribution in [1.82, 2.24) is 9.80 Å². The van der Waals surface area contributed by atoms with Crippen molar-refractivity contribution in [3.05, 3.63) is 70.8 Å². The number of carbonyl (C=O) groups is 3. The molecule has 0 aliphatic carbocycles. The summed E-state index contributed by atoms with van der Waals surface area (Å²) in [5, 5.41) is 0. The minimum atomic E-state index is -0.297. The van der Waals surface area contributed by atoms with Gasteiger partial charge in [0.2, 0.25) is 6.41 Å². The standard InChI is InChI=1S/C19H16N2O3/c22-12-20-10-9-13-5-1-2-6-14(13)17(20)11-21-18(23)15-7-3-4-8-16(15)19(21)24/h1-8,12,17H,9-11H2. The second-order valence-corrected chi connectivity index (χ2v) is 6.07. The van der Waals surface area contributed by atoms with Gasteiger partial charge < -0.3 is 4.90 Å². The number of rotatable bonds is 3. The maximum Gasteiger partial charge on any atom is 0.261 e. The molecule has 4 rings (SSSR count). The quantitative estimate of drug-likeness (QED) is 0.642. The van der Waals surface area contributed by atoms with Gasteiger partial charge in [0.25, 0.3) is 11.8 Å². The Morgan fingerprint density at radius 2 is 1.58 bits per heavy atom. The van der Waals surface area contributed by atoms with Gasteiger partial charge in [-0.15, -0.1) is 0 Å². The van der Waals surface area contributed by atoms with E-state index in [2.05, 4.69) is 0 Å². The van der Waals surface area contributed by atoms with Crippen molar-refractivity contribution in [2.24, 2.45) is 0 Å². The van der Waals surface area contributed by atoms with E-state index in [1.54, 1.807) is 29.2 Å². The summed E-state index contributed by atoms with van der Waals surface area (Å²) in [5.74, 6) is -0.575. The molecule has 2 aromatic carbocycles. The van der Waals surface area contributed by atoms with Gasteiger partial charge in [0.15, 0.2) is 0 Å². The average molecular weight is 320 g/mol. The summed E-state index contributed by atoms with van der Waals surface area (Å²) in [7, 11) is 0. The molecular weight excluding hydrogens is 304 g/mol. The van der Waals surface area contributed by atoms with Gasteiger partial charge in [0.1, 0.15) is 0 Å². The first-order valence-electron chi connectivity index (χ1n) is 7.95. The minimum Gasteiger partial charge on any atom is -0.336 e. The Morgan fingerprint density at radius 1 is 0.958 bits per heavy atom. The van der Waals surface area contributed by atoms with E-state index in [1.165, 1.54) is 4.90 Å². The van der Waals surface area contributed by atoms with E-state index < -0.39 is 0 Å². The van der Waals surface area contributed by atoms with E-state index in [0.29, 0.717) is 17.7 Å². The van der Waals surface area contributed by atoms with Gasteiger partial charge in [-0.1, -0.05) is 36.4 Å². The van der Waals surface area contributed by atoms with Gasteiger partial charge in [0, 0.05) is 6.54 Å². The molecule has 24 heavy (non-hydrogen) atoms. The molecule has 0 saturated carbocycles. The van der Waals surface area contributed by atoms with E-state index in [4.69, 9.17) is 0 Å². The van der Waals surface area contributed by atoms with Crippen molar-refractivity contribution in [2.45, 2.75) is 12.5 Å². The van der Waals surface area contributed by atoms with Crippen LogP contribution in [-0.2, 0) is 11.2 Å². The lowest BCUT2D eigenvalue weighted by Crippen LogP contribution is -2.43. The summed E-state index contributed by atoms with van der Waals surface area (Å²) in [6.45, 7) is 0.774. The monoisotopic (exact) mass is 320 g/mol. The number of fused-ring (bicyclic) bond motifs is 2. The first-order chi connectivity index (χ1) is 11.7. The number of nitrogens with zero attached hydrogens (tertiary/aromatic N) is 2. The zero-order chi connectivity index (χ0) is 16.7. The van der Waals surface area contributed by atoms with Crippen molar-refractivity contribution in [3.8, 4) is 0 Å². The molecule has 2 aliphatic heterocycles. The fourth-order valence-corrected chi connectivity index (χ4v) is 3.58. The zero-order valence-corrected chi connectivity index (χ0v) is 13.0. The highest BCUT2D eigenvalue weighted by Crippen LogP contribution is 2.32. The molecule has 2 aromatic rings. The maximum absolute atomic E-state index is 12.6. The minimum absolute atomic E-state index is 0.183. The van der Waals surface area contributed by atoms with Crippen molar-refractivity contribution >= 4 is 18.2 Å². The zero-order valence-electron chi connectivity index (χ0n) is 13.0. The van der Waals surface area contributed by atoms with E-state index in [0.717, 1.165) is 24.0 Å². The molecule has 0 spiro atoms. The Hall–Kier alpha value is -2.95. The van der Waals surface area contributed by atoms with Crippen LogP contribution in [0, 0.1) is 0 Å². The van der Waals surface area contributed by atoms with Crippen molar-refractivity contribution in [1.29, 1.82) is 0 Å². The third kappa shape index (κ3) is 2.12. The second-order valence-electron chi connectivity index (χ2n) is 6.07. The van der Waals surface area contributed by atoms with E-state index in [-0.39, 0.29) is 24.4 Å². The number of imide groups is 1. The molecule has 0 bridgehead atoms. The summed E-state index contributed by atoms with van der Waals surface area (Å²) < 4.78 is 0. The topological polar surface area (TPSA) is 57.7 Å². The number of amides is 3. The lowest BCUT2D eigenvalue weighted by Gasteiger charge is -2.36. The molecular formula is C19H16N2O3. The molecule has 1 atom stereocenters. The highest BCUT2D eigenvalue weighted by Gasteiger charge is 2.38. The van der Waals surface area contributed by atoms with Gasteiger partial charge in [-0.25, -0.2) is 0 Å². The third-order valence-electron chi connectivity index (χ3n) is 4.82. The van der Waals surface area contributed by atoms with Crippen LogP contribution < -0.4 is 0 Å². The summed E-state index contributed by atoms with van der Waals surface area (Å²) >= 11 is 0. The van der Waals surface area contributed by atoms with Gasteiger partial charge in [0.05, 0.1) is 23.7 Å². The van der Waals surface area contributed by atoms with Gasteiger partial charge in [-0.3, -0.25) is 19.3 Å². The molecule has 0 N–H and O–H groups in total. The Balaban J connectivity index is 1.69. The predicted molar refractivity (Wildman–Crippen MR) is 87.5 cm³/mol. The highest BCUT2D eigenvalue weighted by molar-refractivity contribution is 6.21. The van der Waals surface area contributed by atoms with E-state index in [9.17, 15) is 14.4 Å². The molecule has 3 amide bonds. The largest absolute Gasteiger partial charge is 0.336 e. The Morgan fingerprint density at radius 3 is 2.25 bits per heavy atom. The smallest absolute Gasteiger partial charge is 0.261 e. The average Bonchev–Trinajstić information content (AvgIpc) is 2.87. The molecule has 0 saturated heterocycles. The van der Waals surface area contributed by atoms with E-state index in [1.807, 2.05) is 24.3 Å². The Bertz CT molecular complexity index is 811. The summed E-state index contributed by atoms with van der Waals surface area (Å²) in [6.07, 6.45) is 1.59. The summed E-state index contributed by atoms with van der Waals surface area (Å²) in [6, 6.07) is 14.4. The fraction of sp³-hybridized carbons (Fsp3) is 0.211. The first-order valence-corrected chi connectivity index (χ1v) is 7.95. The lowest BCUT2D eigenvalue weighted by molar-refractivity contribution is -0.121. The van der Waals surface area contributed by atoms with Crippen molar-refractivity contribution in [3.63, 3.8) is 0 Å². The van der Waals surface area contributed by atoms with Crippen LogP contribution in [0.1, 0.15) is 37.9 Å². The summed E-state index contributed by atoms with van der Waals surface area (Å²) in [4.78, 5) is 39.6. The van der Waals surface area contributed by atoms with Crippen molar-refractivity contribution < 1.29 is 14.4 Å². The Kier molecular flexibility index (Phi) is 3.41. The first kappa shape index (κ1) is 14.6. The molecule has 0 fully saturated rings. The SMILES string of the molecule is O=CN1CCc2ccccc2C1CN1C(=O)c2ccccc2C1=O.